The van der Waals surface area contributed by atoms with Crippen molar-refractivity contribution in [2.45, 2.75) is 13.1 Å². The van der Waals surface area contributed by atoms with Crippen LogP contribution in [-0.4, -0.2) is 12.0 Å². The van der Waals surface area contributed by atoms with Gasteiger partial charge in [0.05, 0.1) is 17.6 Å². The molecule has 2 rings (SSSR count). The Balaban J connectivity index is 2.06. The second-order valence-corrected chi connectivity index (χ2v) is 5.11. The van der Waals surface area contributed by atoms with Gasteiger partial charge in [0, 0.05) is 24.6 Å². The Morgan fingerprint density at radius 2 is 1.89 bits per heavy atom. The van der Waals surface area contributed by atoms with Gasteiger partial charge in [0.15, 0.2) is 0 Å². The Hall–Kier alpha value is -1.39. The van der Waals surface area contributed by atoms with Crippen molar-refractivity contribution < 1.29 is 0 Å². The van der Waals surface area contributed by atoms with Gasteiger partial charge in [-0.3, -0.25) is 4.98 Å². The smallest absolute Gasteiger partial charge is 0.0553 e. The molecule has 0 aliphatic heterocycles. The van der Waals surface area contributed by atoms with Crippen LogP contribution in [0.15, 0.2) is 47.1 Å². The van der Waals surface area contributed by atoms with Crippen LogP contribution in [0.1, 0.15) is 11.3 Å². The summed E-state index contributed by atoms with van der Waals surface area (Å²) in [5, 5.41) is 0. The zero-order valence-electron chi connectivity index (χ0n) is 10.3. The SMILES string of the molecule is CN(Cc1ccc(Br)cc1)c1ccc(CN)nc1. The van der Waals surface area contributed by atoms with Gasteiger partial charge < -0.3 is 10.6 Å². The highest BCUT2D eigenvalue weighted by Gasteiger charge is 2.02. The quantitative estimate of drug-likeness (QED) is 0.944. The van der Waals surface area contributed by atoms with Gasteiger partial charge in [0.2, 0.25) is 0 Å². The van der Waals surface area contributed by atoms with Crippen molar-refractivity contribution in [3.05, 3.63) is 58.3 Å². The van der Waals surface area contributed by atoms with Gasteiger partial charge in [-0.25, -0.2) is 0 Å². The maximum Gasteiger partial charge on any atom is 0.0553 e. The molecule has 0 amide bonds. The highest BCUT2D eigenvalue weighted by Crippen LogP contribution is 2.16. The third kappa shape index (κ3) is 3.31. The maximum absolute atomic E-state index is 5.53. The molecule has 0 aliphatic carbocycles. The third-order valence-electron chi connectivity index (χ3n) is 2.79. The number of benzene rings is 1. The molecule has 94 valence electrons. The summed E-state index contributed by atoms with van der Waals surface area (Å²) in [5.74, 6) is 0. The second-order valence-electron chi connectivity index (χ2n) is 4.19. The van der Waals surface area contributed by atoms with E-state index in [9.17, 15) is 0 Å². The number of nitrogens with zero attached hydrogens (tertiary/aromatic N) is 2. The molecule has 0 fully saturated rings. The molecule has 1 heterocycles. The van der Waals surface area contributed by atoms with E-state index in [0.29, 0.717) is 6.54 Å². The summed E-state index contributed by atoms with van der Waals surface area (Å²) in [6, 6.07) is 12.4. The molecule has 0 bridgehead atoms. The maximum atomic E-state index is 5.53. The molecule has 0 aliphatic rings. The van der Waals surface area contributed by atoms with Crippen LogP contribution in [0.4, 0.5) is 5.69 Å². The highest BCUT2D eigenvalue weighted by atomic mass is 79.9. The van der Waals surface area contributed by atoms with Gasteiger partial charge in [-0.1, -0.05) is 28.1 Å². The molecule has 0 saturated carbocycles. The number of halogens is 1. The Morgan fingerprint density at radius 1 is 1.17 bits per heavy atom. The summed E-state index contributed by atoms with van der Waals surface area (Å²) in [6.07, 6.45) is 1.86. The monoisotopic (exact) mass is 305 g/mol. The van der Waals surface area contributed by atoms with Crippen molar-refractivity contribution in [3.8, 4) is 0 Å². The van der Waals surface area contributed by atoms with Crippen molar-refractivity contribution in [1.29, 1.82) is 0 Å². The van der Waals surface area contributed by atoms with E-state index in [1.54, 1.807) is 0 Å². The van der Waals surface area contributed by atoms with E-state index in [2.05, 4.69) is 57.1 Å². The predicted molar refractivity (Wildman–Crippen MR) is 78.4 cm³/mol. The minimum atomic E-state index is 0.483. The standard InChI is InChI=1S/C14H16BrN3/c1-18(10-11-2-4-12(15)5-3-11)14-7-6-13(8-16)17-9-14/h2-7,9H,8,10,16H2,1H3. The lowest BCUT2D eigenvalue weighted by atomic mass is 10.2. The number of pyridine rings is 1. The van der Waals surface area contributed by atoms with Gasteiger partial charge in [0.25, 0.3) is 0 Å². The van der Waals surface area contributed by atoms with Crippen LogP contribution in [0.5, 0.6) is 0 Å². The van der Waals surface area contributed by atoms with Gasteiger partial charge in [-0.2, -0.15) is 0 Å². The average molecular weight is 306 g/mol. The second kappa shape index (κ2) is 5.98. The van der Waals surface area contributed by atoms with Crippen molar-refractivity contribution in [3.63, 3.8) is 0 Å². The van der Waals surface area contributed by atoms with Gasteiger partial charge in [0.1, 0.15) is 0 Å². The van der Waals surface area contributed by atoms with Gasteiger partial charge >= 0.3 is 0 Å². The molecule has 1 aromatic heterocycles. The lowest BCUT2D eigenvalue weighted by Gasteiger charge is -2.19. The molecule has 0 spiro atoms. The number of anilines is 1. The molecule has 0 radical (unpaired) electrons. The highest BCUT2D eigenvalue weighted by molar-refractivity contribution is 9.10. The summed E-state index contributed by atoms with van der Waals surface area (Å²) in [4.78, 5) is 6.46. The molecule has 0 saturated heterocycles. The molecule has 0 unspecified atom stereocenters. The van der Waals surface area contributed by atoms with Crippen molar-refractivity contribution >= 4 is 21.6 Å². The fourth-order valence-electron chi connectivity index (χ4n) is 1.72. The van der Waals surface area contributed by atoms with Crippen LogP contribution in [0.25, 0.3) is 0 Å². The molecule has 0 atom stereocenters. The summed E-state index contributed by atoms with van der Waals surface area (Å²) < 4.78 is 1.10. The first-order valence-corrected chi connectivity index (χ1v) is 6.59. The number of hydrogen-bond acceptors (Lipinski definition) is 3. The van der Waals surface area contributed by atoms with Crippen LogP contribution in [-0.2, 0) is 13.1 Å². The van der Waals surface area contributed by atoms with Crippen LogP contribution in [0.3, 0.4) is 0 Å². The summed E-state index contributed by atoms with van der Waals surface area (Å²) in [6.45, 7) is 1.34. The van der Waals surface area contributed by atoms with E-state index in [-0.39, 0.29) is 0 Å². The summed E-state index contributed by atoms with van der Waals surface area (Å²) in [5.41, 5.74) is 8.81. The molecular weight excluding hydrogens is 290 g/mol. The van der Waals surface area contributed by atoms with Crippen LogP contribution >= 0.6 is 15.9 Å². The van der Waals surface area contributed by atoms with Crippen LogP contribution in [0.2, 0.25) is 0 Å². The zero-order valence-corrected chi connectivity index (χ0v) is 11.9. The van der Waals surface area contributed by atoms with Crippen molar-refractivity contribution in [1.82, 2.24) is 4.98 Å². The third-order valence-corrected chi connectivity index (χ3v) is 3.32. The topological polar surface area (TPSA) is 42.1 Å². The Labute approximate surface area is 116 Å². The van der Waals surface area contributed by atoms with E-state index in [0.717, 1.165) is 22.4 Å². The molecule has 18 heavy (non-hydrogen) atoms. The Kier molecular flexibility index (Phi) is 4.33. The lowest BCUT2D eigenvalue weighted by molar-refractivity contribution is 0.908. The van der Waals surface area contributed by atoms with Crippen LogP contribution < -0.4 is 10.6 Å². The lowest BCUT2D eigenvalue weighted by Crippen LogP contribution is -2.16. The van der Waals surface area contributed by atoms with Gasteiger partial charge in [-0.05, 0) is 29.8 Å². The summed E-state index contributed by atoms with van der Waals surface area (Å²) >= 11 is 3.44. The van der Waals surface area contributed by atoms with Crippen molar-refractivity contribution in [2.75, 3.05) is 11.9 Å². The number of nitrogens with two attached hydrogens (primary N) is 1. The van der Waals surface area contributed by atoms with E-state index >= 15 is 0 Å². The molecule has 2 aromatic rings. The average Bonchev–Trinajstić information content (AvgIpc) is 2.41. The summed E-state index contributed by atoms with van der Waals surface area (Å²) in [7, 11) is 2.06. The minimum Gasteiger partial charge on any atom is -0.369 e. The van der Waals surface area contributed by atoms with E-state index < -0.39 is 0 Å². The first kappa shape index (κ1) is 13.1. The van der Waals surface area contributed by atoms with E-state index in [4.69, 9.17) is 5.73 Å². The predicted octanol–water partition coefficient (Wildman–Crippen LogP) is 2.94. The largest absolute Gasteiger partial charge is 0.369 e. The fraction of sp³-hybridized carbons (Fsp3) is 0.214. The first-order chi connectivity index (χ1) is 8.69. The molecular formula is C14H16BrN3. The number of rotatable bonds is 4. The first-order valence-electron chi connectivity index (χ1n) is 5.79. The number of hydrogen-bond donors (Lipinski definition) is 1. The Morgan fingerprint density at radius 3 is 2.44 bits per heavy atom. The van der Waals surface area contributed by atoms with E-state index in [1.807, 2.05) is 18.3 Å². The van der Waals surface area contributed by atoms with Crippen LogP contribution in [0, 0.1) is 0 Å². The molecule has 3 nitrogen and oxygen atoms in total. The normalized spacial score (nSPS) is 10.4. The zero-order chi connectivity index (χ0) is 13.0. The molecule has 1 aromatic carbocycles. The minimum absolute atomic E-state index is 0.483. The molecule has 4 heteroatoms. The van der Waals surface area contributed by atoms with E-state index in [1.165, 1.54) is 5.56 Å². The fourth-order valence-corrected chi connectivity index (χ4v) is 1.98. The molecule has 2 N–H and O–H groups in total. The number of aromatic nitrogens is 1. The Bertz CT molecular complexity index is 493. The van der Waals surface area contributed by atoms with Crippen molar-refractivity contribution in [2.24, 2.45) is 5.73 Å². The van der Waals surface area contributed by atoms with Gasteiger partial charge in [-0.15, -0.1) is 0 Å².